The highest BCUT2D eigenvalue weighted by atomic mass is 16.6. The number of Topliss-reactive ketones (excluding diaryl/α,β-unsaturated/α-hetero) is 2. The van der Waals surface area contributed by atoms with Crippen molar-refractivity contribution in [3.63, 3.8) is 0 Å². The molecule has 4 rings (SSSR count). The van der Waals surface area contributed by atoms with Gasteiger partial charge in [0.25, 0.3) is 11.6 Å². The average molecular weight is 546 g/mol. The van der Waals surface area contributed by atoms with Crippen molar-refractivity contribution < 1.29 is 44.8 Å². The lowest BCUT2D eigenvalue weighted by atomic mass is 9.54. The van der Waals surface area contributed by atoms with Crippen LogP contribution in [0.15, 0.2) is 23.0 Å². The normalized spacial score (nSPS) is 30.7. The van der Waals surface area contributed by atoms with Gasteiger partial charge in [-0.1, -0.05) is 27.7 Å². The summed E-state index contributed by atoms with van der Waals surface area (Å²) < 4.78 is 0. The van der Waals surface area contributed by atoms with Gasteiger partial charge in [-0.3, -0.25) is 29.4 Å². The smallest absolute Gasteiger partial charge is 0.274 e. The van der Waals surface area contributed by atoms with Gasteiger partial charge in [0.15, 0.2) is 11.4 Å². The summed E-state index contributed by atoms with van der Waals surface area (Å²) in [7, 11) is 2.78. The van der Waals surface area contributed by atoms with Crippen molar-refractivity contribution >= 4 is 28.9 Å². The predicted molar refractivity (Wildman–Crippen MR) is 136 cm³/mol. The van der Waals surface area contributed by atoms with Gasteiger partial charge in [0.05, 0.1) is 28.6 Å². The van der Waals surface area contributed by atoms with Crippen LogP contribution in [-0.4, -0.2) is 84.7 Å². The van der Waals surface area contributed by atoms with E-state index in [9.17, 15) is 50.0 Å². The number of phenols is 1. The maximum Gasteiger partial charge on any atom is 0.274 e. The van der Waals surface area contributed by atoms with Crippen molar-refractivity contribution in [1.82, 2.24) is 4.90 Å². The van der Waals surface area contributed by atoms with Gasteiger partial charge in [0, 0.05) is 28.7 Å². The molecule has 0 aromatic heterocycles. The second-order valence-corrected chi connectivity index (χ2v) is 11.6. The van der Waals surface area contributed by atoms with E-state index in [-0.39, 0.29) is 11.1 Å². The quantitative estimate of drug-likeness (QED) is 0.176. The second kappa shape index (κ2) is 8.60. The molecule has 1 saturated carbocycles. The summed E-state index contributed by atoms with van der Waals surface area (Å²) in [5.41, 5.74) is -1.16. The first-order chi connectivity index (χ1) is 17.8. The monoisotopic (exact) mass is 545 g/mol. The Kier molecular flexibility index (Phi) is 6.22. The zero-order valence-corrected chi connectivity index (χ0v) is 22.2. The first-order valence-electron chi connectivity index (χ1n) is 12.2. The Morgan fingerprint density at radius 3 is 2.21 bits per heavy atom. The number of carbonyl (C=O) groups excluding carboxylic acids is 3. The summed E-state index contributed by atoms with van der Waals surface area (Å²) in [5, 5.41) is 69.1. The molecule has 7 N–H and O–H groups in total. The third kappa shape index (κ3) is 3.53. The van der Waals surface area contributed by atoms with Crippen LogP contribution in [0.3, 0.4) is 0 Å². The lowest BCUT2D eigenvalue weighted by molar-refractivity contribution is -0.386. The number of hydrogen-bond donors (Lipinski definition) is 6. The number of rotatable bonds is 3. The zero-order chi connectivity index (χ0) is 29.7. The fourth-order valence-electron chi connectivity index (χ4n) is 6.46. The number of ketones is 2. The number of nitro groups is 1. The van der Waals surface area contributed by atoms with Crippen LogP contribution in [0, 0.1) is 22.0 Å². The van der Waals surface area contributed by atoms with Crippen molar-refractivity contribution in [3.05, 3.63) is 49.8 Å². The van der Waals surface area contributed by atoms with Crippen molar-refractivity contribution in [2.75, 3.05) is 14.1 Å². The molecule has 0 radical (unpaired) electrons. The van der Waals surface area contributed by atoms with Crippen molar-refractivity contribution in [3.8, 4) is 5.75 Å². The lowest BCUT2D eigenvalue weighted by Gasteiger charge is -2.53. The molecule has 3 aliphatic rings. The zero-order valence-electron chi connectivity index (χ0n) is 22.2. The largest absolute Gasteiger partial charge is 0.508 e. The van der Waals surface area contributed by atoms with Crippen LogP contribution in [0.25, 0.3) is 5.76 Å². The van der Waals surface area contributed by atoms with E-state index in [1.165, 1.54) is 32.0 Å². The molecule has 3 aliphatic carbocycles. The fourth-order valence-corrected chi connectivity index (χ4v) is 6.46. The molecule has 1 fully saturated rings. The van der Waals surface area contributed by atoms with Gasteiger partial charge >= 0.3 is 0 Å². The molecule has 210 valence electrons. The van der Waals surface area contributed by atoms with Crippen LogP contribution in [0.2, 0.25) is 0 Å². The summed E-state index contributed by atoms with van der Waals surface area (Å²) in [6.07, 6.45) is -1.84. The summed E-state index contributed by atoms with van der Waals surface area (Å²) in [6.45, 7) is 6.47. The number of nitro benzene ring substituents is 1. The van der Waals surface area contributed by atoms with Crippen LogP contribution in [-0.2, 0) is 19.8 Å². The van der Waals surface area contributed by atoms with Gasteiger partial charge in [-0.15, -0.1) is 0 Å². The minimum Gasteiger partial charge on any atom is -0.508 e. The minimum absolute atomic E-state index is 0.0980. The molecule has 0 bridgehead atoms. The minimum atomic E-state index is -3.06. The van der Waals surface area contributed by atoms with Gasteiger partial charge < -0.3 is 31.3 Å². The fraction of sp³-hybridized carbons (Fsp3) is 0.500. The number of carbonyl (C=O) groups is 3. The van der Waals surface area contributed by atoms with Crippen molar-refractivity contribution in [1.29, 1.82) is 0 Å². The van der Waals surface area contributed by atoms with Crippen LogP contribution in [0.4, 0.5) is 5.69 Å². The number of aliphatic hydroxyl groups is 4. The summed E-state index contributed by atoms with van der Waals surface area (Å²) in [4.78, 5) is 52.0. The molecule has 13 nitrogen and oxygen atoms in total. The van der Waals surface area contributed by atoms with E-state index in [0.29, 0.717) is 0 Å². The first kappa shape index (κ1) is 28.2. The molecule has 1 aromatic rings. The van der Waals surface area contributed by atoms with E-state index in [4.69, 9.17) is 5.73 Å². The number of hydrogen-bond acceptors (Lipinski definition) is 11. The molecule has 1 aromatic carbocycles. The van der Waals surface area contributed by atoms with Crippen molar-refractivity contribution in [2.24, 2.45) is 17.6 Å². The van der Waals surface area contributed by atoms with E-state index < -0.39 is 103 Å². The maximum absolute atomic E-state index is 14.0. The van der Waals surface area contributed by atoms with E-state index in [2.05, 4.69) is 0 Å². The van der Waals surface area contributed by atoms with Gasteiger partial charge in [0.1, 0.15) is 22.8 Å². The Labute approximate surface area is 223 Å². The number of aromatic hydroxyl groups is 1. The second-order valence-electron chi connectivity index (χ2n) is 11.6. The summed E-state index contributed by atoms with van der Waals surface area (Å²) in [5.74, 6) is -10.8. The van der Waals surface area contributed by atoms with E-state index >= 15 is 0 Å². The molecule has 0 saturated heterocycles. The number of aliphatic hydroxyl groups excluding tert-OH is 3. The third-order valence-corrected chi connectivity index (χ3v) is 8.21. The van der Waals surface area contributed by atoms with Crippen LogP contribution in [0.1, 0.15) is 50.3 Å². The maximum atomic E-state index is 14.0. The highest BCUT2D eigenvalue weighted by molar-refractivity contribution is 6.24. The Morgan fingerprint density at radius 1 is 1.18 bits per heavy atom. The van der Waals surface area contributed by atoms with E-state index in [1.807, 2.05) is 0 Å². The Bertz CT molecular complexity index is 1420. The lowest BCUT2D eigenvalue weighted by Crippen LogP contribution is -2.70. The van der Waals surface area contributed by atoms with Crippen LogP contribution in [0.5, 0.6) is 5.75 Å². The number of primary amides is 1. The van der Waals surface area contributed by atoms with Crippen molar-refractivity contribution in [2.45, 2.75) is 56.8 Å². The van der Waals surface area contributed by atoms with Gasteiger partial charge in [-0.25, -0.2) is 0 Å². The standard InChI is InChI=1S/C26H31N3O10/c1-8-11-10(29(38)39)7-9(25(2,3)4)18(30)13(11)19(31)14-12(8)20(32)16-17(28(5)6)21(33)15(24(27)36)23(35)26(16,37)22(14)34/h7-8,12,16-17,20,30-32,35,37H,1-6H3,(H2,27,36)/t8-,12+,16+,17-,20-,26-/m0/s1. The molecule has 6 atom stereocenters. The van der Waals surface area contributed by atoms with Crippen LogP contribution >= 0.6 is 0 Å². The molecule has 0 spiro atoms. The number of nitrogens with two attached hydrogens (primary N) is 1. The van der Waals surface area contributed by atoms with E-state index in [0.717, 1.165) is 0 Å². The number of benzene rings is 1. The Morgan fingerprint density at radius 2 is 1.74 bits per heavy atom. The molecular weight excluding hydrogens is 514 g/mol. The Balaban J connectivity index is 2.14. The van der Waals surface area contributed by atoms with E-state index in [1.54, 1.807) is 20.8 Å². The highest BCUT2D eigenvalue weighted by Gasteiger charge is 2.68. The molecule has 13 heteroatoms. The van der Waals surface area contributed by atoms with Gasteiger partial charge in [-0.2, -0.15) is 0 Å². The van der Waals surface area contributed by atoms with Crippen LogP contribution < -0.4 is 5.73 Å². The molecule has 39 heavy (non-hydrogen) atoms. The molecule has 0 aliphatic heterocycles. The average Bonchev–Trinajstić information content (AvgIpc) is 2.79. The molecular formula is C26H31N3O10. The highest BCUT2D eigenvalue weighted by Crippen LogP contribution is 2.58. The number of fused-ring (bicyclic) bond motifs is 3. The number of amides is 1. The Hall–Kier alpha value is -3.81. The van der Waals surface area contributed by atoms with Gasteiger partial charge in [0.2, 0.25) is 5.78 Å². The summed E-state index contributed by atoms with van der Waals surface area (Å²) in [6, 6.07) is -0.340. The number of likely N-dealkylation sites (N-methyl/N-ethyl adjacent to an activating group) is 1. The SMILES string of the molecule is C[C@H]1c2c([N+](=O)[O-])cc(C(C)(C)C)c(O)c2C(O)=C2C(=O)[C@]3(O)C(O)=C(C(N)=O)C(=O)[C@@H](N(C)C)[C@@H]3[C@@H](O)[C@@H]21. The number of nitrogens with zero attached hydrogens (tertiary/aromatic N) is 2. The topological polar surface area (TPSA) is 225 Å². The van der Waals surface area contributed by atoms with Gasteiger partial charge in [-0.05, 0) is 25.4 Å². The first-order valence-corrected chi connectivity index (χ1v) is 12.2. The number of phenolic OH excluding ortho intramolecular Hbond substituents is 1. The predicted octanol–water partition coefficient (Wildman–Crippen LogP) is 0.702. The third-order valence-electron chi connectivity index (χ3n) is 8.21. The molecule has 0 unspecified atom stereocenters. The molecule has 0 heterocycles. The molecule has 1 amide bonds. The summed E-state index contributed by atoms with van der Waals surface area (Å²) >= 11 is 0.